The van der Waals surface area contributed by atoms with Gasteiger partial charge in [0.15, 0.2) is 5.82 Å². The van der Waals surface area contributed by atoms with Gasteiger partial charge in [0.05, 0.1) is 11.3 Å². The molecule has 1 heterocycles. The van der Waals surface area contributed by atoms with E-state index < -0.39 is 5.25 Å². The maximum Gasteiger partial charge on any atom is 0.233 e. The summed E-state index contributed by atoms with van der Waals surface area (Å²) >= 11 is 13.4. The molecule has 0 spiro atoms. The summed E-state index contributed by atoms with van der Waals surface area (Å²) in [5.74, 6) is 6.50. The van der Waals surface area contributed by atoms with Gasteiger partial charge in [-0.1, -0.05) is 71.4 Å². The van der Waals surface area contributed by atoms with Gasteiger partial charge in [-0.25, -0.2) is 4.68 Å². The van der Waals surface area contributed by atoms with Crippen LogP contribution in [0.25, 0.3) is 11.4 Å². The van der Waals surface area contributed by atoms with Crippen LogP contribution < -0.4 is 11.2 Å². The molecule has 3 aromatic rings. The number of nitrogens with one attached hydrogen (secondary N) is 1. The number of hydrogen-bond acceptors (Lipinski definition) is 5. The van der Waals surface area contributed by atoms with Crippen LogP contribution in [0.5, 0.6) is 0 Å². The van der Waals surface area contributed by atoms with Crippen LogP contribution in [-0.2, 0) is 4.79 Å². The zero-order chi connectivity index (χ0) is 20.3. The Balaban J connectivity index is 1.67. The van der Waals surface area contributed by atoms with Crippen LogP contribution in [0.3, 0.4) is 0 Å². The number of hydrogen-bond donors (Lipinski definition) is 2. The number of nitrogens with zero attached hydrogens (tertiary/aromatic N) is 3. The van der Waals surface area contributed by atoms with Crippen LogP contribution in [0.15, 0.2) is 53.7 Å². The van der Waals surface area contributed by atoms with Crippen molar-refractivity contribution in [2.75, 3.05) is 5.84 Å². The Morgan fingerprint density at radius 3 is 2.54 bits per heavy atom. The van der Waals surface area contributed by atoms with Crippen LogP contribution in [-0.4, -0.2) is 26.0 Å². The van der Waals surface area contributed by atoms with E-state index in [-0.39, 0.29) is 11.9 Å². The molecule has 0 aliphatic heterocycles. The molecule has 0 aliphatic carbocycles. The second kappa shape index (κ2) is 8.86. The van der Waals surface area contributed by atoms with E-state index in [9.17, 15) is 4.79 Å². The fraction of sp³-hybridized carbons (Fsp3) is 0.211. The van der Waals surface area contributed by atoms with Gasteiger partial charge in [0.2, 0.25) is 11.1 Å². The molecule has 28 heavy (non-hydrogen) atoms. The molecule has 0 aliphatic rings. The fourth-order valence-electron chi connectivity index (χ4n) is 2.61. The summed E-state index contributed by atoms with van der Waals surface area (Å²) in [5, 5.41) is 12.3. The summed E-state index contributed by atoms with van der Waals surface area (Å²) in [6, 6.07) is 14.4. The minimum Gasteiger partial charge on any atom is -0.349 e. The molecule has 9 heteroatoms. The molecule has 0 radical (unpaired) electrons. The van der Waals surface area contributed by atoms with Gasteiger partial charge in [0.1, 0.15) is 0 Å². The minimum absolute atomic E-state index is 0.159. The van der Waals surface area contributed by atoms with Crippen molar-refractivity contribution in [1.29, 1.82) is 0 Å². The number of nitrogens with two attached hydrogens (primary N) is 1. The molecule has 6 nitrogen and oxygen atoms in total. The average molecular weight is 436 g/mol. The van der Waals surface area contributed by atoms with Crippen LogP contribution in [0.4, 0.5) is 0 Å². The lowest BCUT2D eigenvalue weighted by atomic mass is 10.1. The van der Waals surface area contributed by atoms with Gasteiger partial charge in [0, 0.05) is 15.6 Å². The second-order valence-corrected chi connectivity index (χ2v) is 8.35. The maximum absolute atomic E-state index is 12.6. The van der Waals surface area contributed by atoms with Gasteiger partial charge in [-0.2, -0.15) is 0 Å². The Hall–Kier alpha value is -2.22. The first-order valence-electron chi connectivity index (χ1n) is 8.54. The summed E-state index contributed by atoms with van der Waals surface area (Å²) < 4.78 is 1.39. The number of rotatable bonds is 6. The first-order chi connectivity index (χ1) is 13.4. The second-order valence-electron chi connectivity index (χ2n) is 6.20. The third-order valence-electron chi connectivity index (χ3n) is 4.14. The van der Waals surface area contributed by atoms with E-state index in [2.05, 4.69) is 15.5 Å². The van der Waals surface area contributed by atoms with Gasteiger partial charge in [-0.15, -0.1) is 10.2 Å². The van der Waals surface area contributed by atoms with Gasteiger partial charge < -0.3 is 11.2 Å². The van der Waals surface area contributed by atoms with Crippen molar-refractivity contribution in [1.82, 2.24) is 20.2 Å². The topological polar surface area (TPSA) is 85.8 Å². The minimum atomic E-state index is -0.427. The molecule has 2 atom stereocenters. The summed E-state index contributed by atoms with van der Waals surface area (Å²) in [6.45, 7) is 3.65. The van der Waals surface area contributed by atoms with E-state index in [0.717, 1.165) is 11.1 Å². The highest BCUT2D eigenvalue weighted by molar-refractivity contribution is 8.00. The maximum atomic E-state index is 12.6. The zero-order valence-corrected chi connectivity index (χ0v) is 17.6. The van der Waals surface area contributed by atoms with Crippen molar-refractivity contribution >= 4 is 40.9 Å². The van der Waals surface area contributed by atoms with Crippen LogP contribution >= 0.6 is 35.0 Å². The van der Waals surface area contributed by atoms with Gasteiger partial charge in [0.25, 0.3) is 0 Å². The number of thioether (sulfide) groups is 1. The predicted molar refractivity (Wildman–Crippen MR) is 114 cm³/mol. The molecule has 146 valence electrons. The number of benzene rings is 2. The average Bonchev–Trinajstić information content (AvgIpc) is 3.02. The number of carbonyl (C=O) groups excluding carboxylic acids is 1. The van der Waals surface area contributed by atoms with Crippen molar-refractivity contribution in [2.45, 2.75) is 30.3 Å². The van der Waals surface area contributed by atoms with E-state index >= 15 is 0 Å². The highest BCUT2D eigenvalue weighted by Crippen LogP contribution is 2.28. The molecule has 0 bridgehead atoms. The molecule has 3 rings (SSSR count). The first kappa shape index (κ1) is 20.5. The van der Waals surface area contributed by atoms with E-state index in [1.54, 1.807) is 25.1 Å². The highest BCUT2D eigenvalue weighted by atomic mass is 35.5. The summed E-state index contributed by atoms with van der Waals surface area (Å²) in [7, 11) is 0. The molecule has 0 saturated carbocycles. The Kier molecular flexibility index (Phi) is 6.49. The lowest BCUT2D eigenvalue weighted by molar-refractivity contribution is -0.120. The fourth-order valence-corrected chi connectivity index (χ4v) is 3.97. The van der Waals surface area contributed by atoms with Gasteiger partial charge >= 0.3 is 0 Å². The van der Waals surface area contributed by atoms with Crippen molar-refractivity contribution in [2.24, 2.45) is 0 Å². The third kappa shape index (κ3) is 4.60. The SMILES string of the molecule is CC(Sc1nnc(-c2ccccc2)n1N)C(=O)NC(C)c1ccc(Cl)cc1Cl. The monoisotopic (exact) mass is 435 g/mol. The summed E-state index contributed by atoms with van der Waals surface area (Å²) in [4.78, 5) is 12.6. The lowest BCUT2D eigenvalue weighted by Gasteiger charge is -2.18. The molecular formula is C19H19Cl2N5OS. The van der Waals surface area contributed by atoms with Crippen LogP contribution in [0.2, 0.25) is 10.0 Å². The number of nitrogen functional groups attached to an aromatic ring is 1. The molecule has 2 aromatic carbocycles. The van der Waals surface area contributed by atoms with Crippen molar-refractivity contribution < 1.29 is 4.79 Å². The molecule has 2 unspecified atom stereocenters. The number of halogens is 2. The highest BCUT2D eigenvalue weighted by Gasteiger charge is 2.22. The molecule has 1 amide bonds. The van der Waals surface area contributed by atoms with Crippen molar-refractivity contribution in [3.05, 3.63) is 64.1 Å². The number of carbonyl (C=O) groups is 1. The molecule has 0 fully saturated rings. The smallest absolute Gasteiger partial charge is 0.233 e. The van der Waals surface area contributed by atoms with E-state index in [0.29, 0.717) is 21.0 Å². The zero-order valence-electron chi connectivity index (χ0n) is 15.3. The molecule has 1 aromatic heterocycles. The normalized spacial score (nSPS) is 13.1. The Morgan fingerprint density at radius 2 is 1.86 bits per heavy atom. The van der Waals surface area contributed by atoms with E-state index in [1.807, 2.05) is 37.3 Å². The summed E-state index contributed by atoms with van der Waals surface area (Å²) in [5.41, 5.74) is 1.65. The molecular weight excluding hydrogens is 417 g/mol. The lowest BCUT2D eigenvalue weighted by Crippen LogP contribution is -2.33. The number of amides is 1. The quantitative estimate of drug-likeness (QED) is 0.444. The number of aromatic nitrogens is 3. The Morgan fingerprint density at radius 1 is 1.14 bits per heavy atom. The van der Waals surface area contributed by atoms with Gasteiger partial charge in [-0.3, -0.25) is 4.79 Å². The third-order valence-corrected chi connectivity index (χ3v) is 5.75. The van der Waals surface area contributed by atoms with Gasteiger partial charge in [-0.05, 0) is 31.5 Å². The van der Waals surface area contributed by atoms with Crippen LogP contribution in [0, 0.1) is 0 Å². The largest absolute Gasteiger partial charge is 0.349 e. The van der Waals surface area contributed by atoms with E-state index in [1.165, 1.54) is 16.4 Å². The molecule has 0 saturated heterocycles. The first-order valence-corrected chi connectivity index (χ1v) is 10.2. The van der Waals surface area contributed by atoms with Crippen molar-refractivity contribution in [3.63, 3.8) is 0 Å². The molecule has 3 N–H and O–H groups in total. The van der Waals surface area contributed by atoms with Crippen LogP contribution in [0.1, 0.15) is 25.5 Å². The van der Waals surface area contributed by atoms with Crippen molar-refractivity contribution in [3.8, 4) is 11.4 Å². The van der Waals surface area contributed by atoms with E-state index in [4.69, 9.17) is 29.0 Å². The Bertz CT molecular complexity index is 980. The summed E-state index contributed by atoms with van der Waals surface area (Å²) in [6.07, 6.45) is 0. The predicted octanol–water partition coefficient (Wildman–Crippen LogP) is 4.32. The standard InChI is InChI=1S/C19H19Cl2N5OS/c1-11(15-9-8-14(20)10-16(15)21)23-18(27)12(2)28-19-25-24-17(26(19)22)13-6-4-3-5-7-13/h3-12H,22H2,1-2H3,(H,23,27). The Labute approximate surface area is 177 Å².